The Balaban J connectivity index is 1.48. The molecule has 0 amide bonds. The molecule has 1 unspecified atom stereocenters. The van der Waals surface area contributed by atoms with Gasteiger partial charge in [0.25, 0.3) is 0 Å². The average Bonchev–Trinajstić information content (AvgIpc) is 2.88. The topological polar surface area (TPSA) is 44.2 Å². The monoisotopic (exact) mass is 464 g/mol. The van der Waals surface area contributed by atoms with Crippen molar-refractivity contribution >= 4 is 0 Å². The quantitative estimate of drug-likeness (QED) is 0.213. The van der Waals surface area contributed by atoms with E-state index in [-0.39, 0.29) is 6.61 Å². The normalized spacial score (nSPS) is 11.9. The minimum atomic E-state index is -0.922. The van der Waals surface area contributed by atoms with Crippen LogP contribution in [0, 0.1) is 0 Å². The molecule has 1 aromatic heterocycles. The number of rotatable bonds is 15. The van der Waals surface area contributed by atoms with Crippen LogP contribution >= 0.6 is 0 Å². The van der Waals surface area contributed by atoms with E-state index in [2.05, 4.69) is 23.8 Å². The molecule has 0 aliphatic heterocycles. The summed E-state index contributed by atoms with van der Waals surface area (Å²) in [5.41, 5.74) is 2.89. The molecule has 0 N–H and O–H groups in total. The summed E-state index contributed by atoms with van der Waals surface area (Å²) in [7, 11) is 0. The third kappa shape index (κ3) is 8.44. The lowest BCUT2D eigenvalue weighted by Gasteiger charge is -2.11. The van der Waals surface area contributed by atoms with E-state index in [1.807, 2.05) is 60.9 Å². The Hall–Kier alpha value is -2.95. The zero-order valence-electron chi connectivity index (χ0n) is 20.5. The minimum absolute atomic E-state index is 0.0980. The van der Waals surface area contributed by atoms with E-state index in [1.54, 1.807) is 0 Å². The maximum atomic E-state index is 14.1. The van der Waals surface area contributed by atoms with E-state index >= 15 is 0 Å². The lowest BCUT2D eigenvalue weighted by atomic mass is 10.1. The van der Waals surface area contributed by atoms with Crippen molar-refractivity contribution in [3.05, 3.63) is 60.9 Å². The maximum Gasteiger partial charge on any atom is 0.159 e. The van der Waals surface area contributed by atoms with E-state index in [1.165, 1.54) is 19.3 Å². The molecule has 0 aliphatic carbocycles. The Morgan fingerprint density at radius 2 is 1.26 bits per heavy atom. The molecule has 34 heavy (non-hydrogen) atoms. The predicted molar refractivity (Wildman–Crippen MR) is 137 cm³/mol. The summed E-state index contributed by atoms with van der Waals surface area (Å²) in [4.78, 5) is 9.05. The van der Waals surface area contributed by atoms with Crippen LogP contribution in [0.5, 0.6) is 11.5 Å². The number of ether oxygens (including phenoxy) is 2. The first-order chi connectivity index (χ1) is 16.7. The van der Waals surface area contributed by atoms with Crippen LogP contribution in [-0.4, -0.2) is 29.4 Å². The first-order valence-electron chi connectivity index (χ1n) is 12.6. The lowest BCUT2D eigenvalue weighted by Crippen LogP contribution is -2.12. The molecule has 0 aliphatic rings. The van der Waals surface area contributed by atoms with E-state index < -0.39 is 6.17 Å². The summed E-state index contributed by atoms with van der Waals surface area (Å²) in [5.74, 6) is 2.18. The van der Waals surface area contributed by atoms with Crippen molar-refractivity contribution in [2.75, 3.05) is 13.2 Å². The number of hydrogen-bond donors (Lipinski definition) is 0. The van der Waals surface area contributed by atoms with E-state index in [4.69, 9.17) is 9.47 Å². The van der Waals surface area contributed by atoms with Gasteiger partial charge in [0.1, 0.15) is 24.3 Å². The van der Waals surface area contributed by atoms with Crippen LogP contribution in [0.25, 0.3) is 22.5 Å². The molecule has 5 heteroatoms. The van der Waals surface area contributed by atoms with Crippen molar-refractivity contribution in [1.82, 2.24) is 9.97 Å². The highest BCUT2D eigenvalue weighted by atomic mass is 19.1. The molecule has 1 heterocycles. The van der Waals surface area contributed by atoms with Crippen molar-refractivity contribution in [2.45, 2.75) is 71.4 Å². The van der Waals surface area contributed by atoms with Crippen LogP contribution < -0.4 is 9.47 Å². The van der Waals surface area contributed by atoms with Gasteiger partial charge in [-0.05, 0) is 54.8 Å². The number of benzene rings is 2. The Morgan fingerprint density at radius 1 is 0.676 bits per heavy atom. The fraction of sp³-hybridized carbons (Fsp3) is 0.448. The van der Waals surface area contributed by atoms with Gasteiger partial charge in [-0.3, -0.25) is 0 Å². The lowest BCUT2D eigenvalue weighted by molar-refractivity contribution is 0.184. The molecule has 0 saturated carbocycles. The number of alkyl halides is 1. The molecule has 0 spiro atoms. The fourth-order valence-electron chi connectivity index (χ4n) is 3.64. The SMILES string of the molecule is CCCCCCCC(F)COc1ccc(-c2ncc(-c3ccc(OCCCC)cc3)cn2)cc1. The number of hydrogen-bond acceptors (Lipinski definition) is 4. The number of nitrogens with zero attached hydrogens (tertiary/aromatic N) is 2. The van der Waals surface area contributed by atoms with Crippen LogP contribution in [0.2, 0.25) is 0 Å². The summed E-state index contributed by atoms with van der Waals surface area (Å²) in [6, 6.07) is 15.5. The van der Waals surface area contributed by atoms with E-state index in [0.717, 1.165) is 54.7 Å². The number of aromatic nitrogens is 2. The molecule has 2 aromatic carbocycles. The van der Waals surface area contributed by atoms with E-state index in [0.29, 0.717) is 18.0 Å². The Kier molecular flexibility index (Phi) is 10.8. The third-order valence-corrected chi connectivity index (χ3v) is 5.77. The van der Waals surface area contributed by atoms with Gasteiger partial charge in [0.05, 0.1) is 6.61 Å². The van der Waals surface area contributed by atoms with Crippen LogP contribution in [0.3, 0.4) is 0 Å². The number of halogens is 1. The minimum Gasteiger partial charge on any atom is -0.494 e. The fourth-order valence-corrected chi connectivity index (χ4v) is 3.64. The summed E-state index contributed by atoms with van der Waals surface area (Å²) in [6.07, 6.45) is 11.1. The Morgan fingerprint density at radius 3 is 1.91 bits per heavy atom. The summed E-state index contributed by atoms with van der Waals surface area (Å²) in [5, 5.41) is 0. The van der Waals surface area contributed by atoms with Crippen molar-refractivity contribution in [3.63, 3.8) is 0 Å². The van der Waals surface area contributed by atoms with Crippen molar-refractivity contribution in [2.24, 2.45) is 0 Å². The van der Waals surface area contributed by atoms with Gasteiger partial charge in [0.2, 0.25) is 0 Å². The van der Waals surface area contributed by atoms with Crippen LogP contribution in [0.4, 0.5) is 4.39 Å². The molecule has 3 rings (SSSR count). The standard InChI is InChI=1S/C29H37FN2O2/c1-3-5-7-8-9-10-26(30)22-34-28-17-13-24(14-18-28)29-31-20-25(21-32-29)23-11-15-27(16-12-23)33-19-6-4-2/h11-18,20-21,26H,3-10,19,22H2,1-2H3. The molecule has 4 nitrogen and oxygen atoms in total. The highest BCUT2D eigenvalue weighted by molar-refractivity contribution is 5.64. The average molecular weight is 465 g/mol. The summed E-state index contributed by atoms with van der Waals surface area (Å²) in [6.45, 7) is 5.17. The van der Waals surface area contributed by atoms with Crippen molar-refractivity contribution in [1.29, 1.82) is 0 Å². The van der Waals surface area contributed by atoms with Gasteiger partial charge in [-0.2, -0.15) is 0 Å². The summed E-state index contributed by atoms with van der Waals surface area (Å²) >= 11 is 0. The number of unbranched alkanes of at least 4 members (excludes halogenated alkanes) is 5. The second kappa shape index (κ2) is 14.3. The van der Waals surface area contributed by atoms with E-state index in [9.17, 15) is 4.39 Å². The largest absolute Gasteiger partial charge is 0.494 e. The van der Waals surface area contributed by atoms with Crippen LogP contribution in [0.15, 0.2) is 60.9 Å². The molecule has 0 radical (unpaired) electrons. The third-order valence-electron chi connectivity index (χ3n) is 5.77. The molecule has 1 atom stereocenters. The van der Waals surface area contributed by atoms with Crippen molar-refractivity contribution < 1.29 is 13.9 Å². The summed E-state index contributed by atoms with van der Waals surface area (Å²) < 4.78 is 25.4. The second-order valence-corrected chi connectivity index (χ2v) is 8.66. The van der Waals surface area contributed by atoms with Gasteiger partial charge in [-0.25, -0.2) is 14.4 Å². The van der Waals surface area contributed by atoms with Crippen LogP contribution in [-0.2, 0) is 0 Å². The first-order valence-corrected chi connectivity index (χ1v) is 12.6. The zero-order valence-corrected chi connectivity index (χ0v) is 20.5. The van der Waals surface area contributed by atoms with Gasteiger partial charge in [0, 0.05) is 23.5 Å². The molecule has 3 aromatic rings. The van der Waals surface area contributed by atoms with Gasteiger partial charge in [-0.1, -0.05) is 64.5 Å². The molecular weight excluding hydrogens is 427 g/mol. The highest BCUT2D eigenvalue weighted by Gasteiger charge is 2.09. The van der Waals surface area contributed by atoms with Gasteiger partial charge >= 0.3 is 0 Å². The Labute approximate surface area is 203 Å². The molecule has 0 saturated heterocycles. The van der Waals surface area contributed by atoms with Crippen molar-refractivity contribution in [3.8, 4) is 34.0 Å². The first kappa shape index (κ1) is 25.7. The zero-order chi connectivity index (χ0) is 24.0. The molecular formula is C29H37FN2O2. The van der Waals surface area contributed by atoms with Gasteiger partial charge in [0.15, 0.2) is 5.82 Å². The predicted octanol–water partition coefficient (Wildman–Crippen LogP) is 8.07. The molecule has 0 bridgehead atoms. The second-order valence-electron chi connectivity index (χ2n) is 8.66. The molecule has 182 valence electrons. The molecule has 0 fully saturated rings. The Bertz CT molecular complexity index is 943. The maximum absolute atomic E-state index is 14.1. The van der Waals surface area contributed by atoms with Crippen LogP contribution in [0.1, 0.15) is 65.2 Å². The van der Waals surface area contributed by atoms with Gasteiger partial charge < -0.3 is 9.47 Å². The smallest absolute Gasteiger partial charge is 0.159 e. The van der Waals surface area contributed by atoms with Gasteiger partial charge in [-0.15, -0.1) is 0 Å². The highest BCUT2D eigenvalue weighted by Crippen LogP contribution is 2.24.